The van der Waals surface area contributed by atoms with Crippen LogP contribution in [0.1, 0.15) is 5.56 Å². The van der Waals surface area contributed by atoms with Gasteiger partial charge >= 0.3 is 10.1 Å². The largest absolute Gasteiger partial charge is 0.305 e. The van der Waals surface area contributed by atoms with Crippen LogP contribution in [0.25, 0.3) is 6.08 Å². The number of rotatable bonds is 3. The highest BCUT2D eigenvalue weighted by atomic mass is 32.2. The van der Waals surface area contributed by atoms with Crippen LogP contribution >= 0.6 is 0 Å². The third kappa shape index (κ3) is 3.37. The molecular weight excluding hydrogens is 190 g/mol. The first-order valence-electron chi connectivity index (χ1n) is 3.50. The van der Waals surface area contributed by atoms with Crippen LogP contribution in [0.4, 0.5) is 0 Å². The lowest BCUT2D eigenvalue weighted by Crippen LogP contribution is -2.06. The van der Waals surface area contributed by atoms with E-state index >= 15 is 0 Å². The molecule has 0 saturated heterocycles. The van der Waals surface area contributed by atoms with Gasteiger partial charge in [-0.15, -0.1) is 0 Å². The van der Waals surface area contributed by atoms with Crippen molar-refractivity contribution in [3.05, 3.63) is 41.3 Å². The zero-order valence-corrected chi connectivity index (χ0v) is 7.57. The molecule has 0 aliphatic rings. The van der Waals surface area contributed by atoms with Crippen LogP contribution in [0.5, 0.6) is 0 Å². The lowest BCUT2D eigenvalue weighted by atomic mass is 10.2. The monoisotopic (exact) mass is 199 g/mol. The quantitative estimate of drug-likeness (QED) is 0.733. The highest BCUT2D eigenvalue weighted by Gasteiger charge is 2.00. The topological polar surface area (TPSA) is 69.4 Å². The Bertz CT molecular complexity index is 383. The Morgan fingerprint density at radius 3 is 2.38 bits per heavy atom. The van der Waals surface area contributed by atoms with Crippen LogP contribution in [0, 0.1) is 0 Å². The maximum Gasteiger partial charge on any atom is 0.305 e. The smallest absolute Gasteiger partial charge is 0.197 e. The van der Waals surface area contributed by atoms with E-state index in [1.807, 2.05) is 6.07 Å². The Morgan fingerprint density at radius 2 is 1.85 bits per heavy atom. The normalized spacial score (nSPS) is 12.1. The van der Waals surface area contributed by atoms with Gasteiger partial charge in [-0.1, -0.05) is 30.3 Å². The molecule has 1 rings (SSSR count). The highest BCUT2D eigenvalue weighted by molar-refractivity contribution is 7.89. The second-order valence-electron chi connectivity index (χ2n) is 2.30. The summed E-state index contributed by atoms with van der Waals surface area (Å²) in [4.78, 5) is 0. The molecule has 5 heteroatoms. The van der Waals surface area contributed by atoms with Gasteiger partial charge in [-0.05, 0) is 11.6 Å². The Hall–Kier alpha value is -1.17. The molecule has 2 N–H and O–H groups in total. The van der Waals surface area contributed by atoms with E-state index in [0.29, 0.717) is 0 Å². The molecule has 13 heavy (non-hydrogen) atoms. The molecule has 0 saturated carbocycles. The molecule has 70 valence electrons. The first kappa shape index (κ1) is 9.91. The molecular formula is C8H9NO3S. The molecule has 0 amide bonds. The Morgan fingerprint density at radius 1 is 1.23 bits per heavy atom. The van der Waals surface area contributed by atoms with Crippen LogP contribution in [-0.2, 0) is 14.4 Å². The van der Waals surface area contributed by atoms with E-state index < -0.39 is 10.1 Å². The second kappa shape index (κ2) is 4.18. The highest BCUT2D eigenvalue weighted by Crippen LogP contribution is 2.03. The first-order valence-corrected chi connectivity index (χ1v) is 4.98. The van der Waals surface area contributed by atoms with Crippen molar-refractivity contribution in [1.82, 2.24) is 0 Å². The lowest BCUT2D eigenvalue weighted by Gasteiger charge is -1.92. The Kier molecular flexibility index (Phi) is 3.18. The number of hydrogen-bond acceptors (Lipinski definition) is 4. The summed E-state index contributed by atoms with van der Waals surface area (Å²) >= 11 is 0. The zero-order chi connectivity index (χ0) is 9.73. The van der Waals surface area contributed by atoms with Crippen LogP contribution in [0.15, 0.2) is 35.7 Å². The maximum atomic E-state index is 10.7. The standard InChI is InChI=1S/C8H9NO3S/c9-12-13(10,11)7-6-8-4-2-1-3-5-8/h1-7H,9H2. The SMILES string of the molecule is NOS(=O)(=O)C=Cc1ccccc1. The third-order valence-electron chi connectivity index (χ3n) is 1.36. The summed E-state index contributed by atoms with van der Waals surface area (Å²) in [5.74, 6) is 4.53. The van der Waals surface area contributed by atoms with Crippen LogP contribution in [0.3, 0.4) is 0 Å². The summed E-state index contributed by atoms with van der Waals surface area (Å²) in [6.07, 6.45) is 1.40. The molecule has 1 aromatic carbocycles. The fourth-order valence-electron chi connectivity index (χ4n) is 0.758. The molecule has 0 spiro atoms. The summed E-state index contributed by atoms with van der Waals surface area (Å²) in [7, 11) is -3.72. The van der Waals surface area contributed by atoms with Gasteiger partial charge in [-0.2, -0.15) is 18.6 Å². The van der Waals surface area contributed by atoms with Crippen molar-refractivity contribution in [2.24, 2.45) is 5.90 Å². The van der Waals surface area contributed by atoms with E-state index in [1.165, 1.54) is 6.08 Å². The average molecular weight is 199 g/mol. The van der Waals surface area contributed by atoms with E-state index in [-0.39, 0.29) is 0 Å². The van der Waals surface area contributed by atoms with Gasteiger partial charge in [0.25, 0.3) is 0 Å². The molecule has 0 radical (unpaired) electrons. The van der Waals surface area contributed by atoms with Gasteiger partial charge in [0, 0.05) is 0 Å². The van der Waals surface area contributed by atoms with Crippen LogP contribution < -0.4 is 5.90 Å². The van der Waals surface area contributed by atoms with Crippen molar-refractivity contribution in [2.45, 2.75) is 0 Å². The van der Waals surface area contributed by atoms with Crippen molar-refractivity contribution in [2.75, 3.05) is 0 Å². The second-order valence-corrected chi connectivity index (χ2v) is 3.75. The number of benzene rings is 1. The Labute approximate surface area is 76.7 Å². The van der Waals surface area contributed by atoms with E-state index in [1.54, 1.807) is 24.3 Å². The molecule has 0 aromatic heterocycles. The first-order chi connectivity index (χ1) is 6.14. The minimum absolute atomic E-state index is 0.767. The molecule has 0 aliphatic heterocycles. The van der Waals surface area contributed by atoms with Crippen LogP contribution in [-0.4, -0.2) is 8.42 Å². The molecule has 4 nitrogen and oxygen atoms in total. The van der Waals surface area contributed by atoms with Crippen LogP contribution in [0.2, 0.25) is 0 Å². The van der Waals surface area contributed by atoms with Gasteiger partial charge < -0.3 is 0 Å². The molecule has 0 fully saturated rings. The van der Waals surface area contributed by atoms with Crippen molar-refractivity contribution in [3.8, 4) is 0 Å². The molecule has 0 atom stereocenters. The number of nitrogens with two attached hydrogens (primary N) is 1. The summed E-state index contributed by atoms with van der Waals surface area (Å²) in [5.41, 5.74) is 0.767. The van der Waals surface area contributed by atoms with E-state index in [0.717, 1.165) is 11.0 Å². The predicted molar refractivity (Wildman–Crippen MR) is 49.7 cm³/mol. The van der Waals surface area contributed by atoms with Crippen molar-refractivity contribution >= 4 is 16.2 Å². The fourth-order valence-corrected chi connectivity index (χ4v) is 1.15. The predicted octanol–water partition coefficient (Wildman–Crippen LogP) is 0.877. The lowest BCUT2D eigenvalue weighted by molar-refractivity contribution is 0.340. The van der Waals surface area contributed by atoms with Gasteiger partial charge in [-0.25, -0.2) is 0 Å². The zero-order valence-electron chi connectivity index (χ0n) is 6.75. The summed E-state index contributed by atoms with van der Waals surface area (Å²) in [6, 6.07) is 8.97. The number of hydrogen-bond donors (Lipinski definition) is 1. The maximum absolute atomic E-state index is 10.7. The Balaban J connectivity index is 2.82. The molecule has 0 bridgehead atoms. The van der Waals surface area contributed by atoms with Crippen molar-refractivity contribution in [3.63, 3.8) is 0 Å². The summed E-state index contributed by atoms with van der Waals surface area (Å²) in [6.45, 7) is 0. The summed E-state index contributed by atoms with van der Waals surface area (Å²) in [5, 5.41) is 0.905. The van der Waals surface area contributed by atoms with Gasteiger partial charge in [0.15, 0.2) is 0 Å². The van der Waals surface area contributed by atoms with Crippen molar-refractivity contribution in [1.29, 1.82) is 0 Å². The van der Waals surface area contributed by atoms with Gasteiger partial charge in [0.1, 0.15) is 0 Å². The molecule has 0 aliphatic carbocycles. The molecule has 0 unspecified atom stereocenters. The minimum atomic E-state index is -3.72. The fraction of sp³-hybridized carbons (Fsp3) is 0. The van der Waals surface area contributed by atoms with Crippen molar-refractivity contribution < 1.29 is 12.7 Å². The van der Waals surface area contributed by atoms with E-state index in [4.69, 9.17) is 0 Å². The van der Waals surface area contributed by atoms with E-state index in [2.05, 4.69) is 10.2 Å². The van der Waals surface area contributed by atoms with E-state index in [9.17, 15) is 8.42 Å². The van der Waals surface area contributed by atoms with Gasteiger partial charge in [0.05, 0.1) is 5.41 Å². The third-order valence-corrected chi connectivity index (χ3v) is 2.10. The van der Waals surface area contributed by atoms with Gasteiger partial charge in [0.2, 0.25) is 0 Å². The average Bonchev–Trinajstić information content (AvgIpc) is 2.17. The summed E-state index contributed by atoms with van der Waals surface area (Å²) < 4.78 is 25.2. The molecule has 1 aromatic rings. The molecule has 0 heterocycles. The minimum Gasteiger partial charge on any atom is -0.197 e. The van der Waals surface area contributed by atoms with Gasteiger partial charge in [-0.3, -0.25) is 0 Å².